The lowest BCUT2D eigenvalue weighted by Crippen LogP contribution is -2.22. The van der Waals surface area contributed by atoms with Gasteiger partial charge in [-0.05, 0) is 60.5 Å². The second-order valence-corrected chi connectivity index (χ2v) is 8.40. The van der Waals surface area contributed by atoms with E-state index < -0.39 is 0 Å². The zero-order valence-electron chi connectivity index (χ0n) is 12.4. The van der Waals surface area contributed by atoms with E-state index in [1.807, 2.05) is 0 Å². The second kappa shape index (κ2) is 5.23. The molecule has 3 rings (SSSR count). The maximum absolute atomic E-state index is 5.75. The normalized spacial score (nSPS) is 12.2. The standard InChI is InChI=1S/C16H18BrN3S/c1-16(2,3)20-13-5-4-10(8-18)6-12(13)19-15(20)11-7-14(17)21-9-11/h4-7,9H,8,18H2,1-3H3. The minimum atomic E-state index is -0.0390. The van der Waals surface area contributed by atoms with E-state index in [-0.39, 0.29) is 5.54 Å². The number of hydrogen-bond donors (Lipinski definition) is 1. The van der Waals surface area contributed by atoms with Gasteiger partial charge in [0.05, 0.1) is 14.8 Å². The van der Waals surface area contributed by atoms with Crippen molar-refractivity contribution in [1.82, 2.24) is 9.55 Å². The van der Waals surface area contributed by atoms with Gasteiger partial charge in [0.2, 0.25) is 0 Å². The first-order valence-corrected chi connectivity index (χ1v) is 8.54. The molecule has 2 heterocycles. The lowest BCUT2D eigenvalue weighted by atomic mass is 10.1. The third kappa shape index (κ3) is 2.65. The number of thiophene rings is 1. The molecule has 0 aliphatic rings. The molecule has 2 aromatic heterocycles. The smallest absolute Gasteiger partial charge is 0.142 e. The van der Waals surface area contributed by atoms with E-state index >= 15 is 0 Å². The predicted octanol–water partition coefficient (Wildman–Crippen LogP) is 4.74. The average Bonchev–Trinajstić information content (AvgIpc) is 3.00. The monoisotopic (exact) mass is 363 g/mol. The molecule has 0 aliphatic heterocycles. The van der Waals surface area contributed by atoms with Gasteiger partial charge >= 0.3 is 0 Å². The SMILES string of the molecule is CC(C)(C)n1c(-c2csc(Br)c2)nc2cc(CN)ccc21. The number of halogens is 1. The summed E-state index contributed by atoms with van der Waals surface area (Å²) in [6.45, 7) is 7.15. The summed E-state index contributed by atoms with van der Waals surface area (Å²) in [6.07, 6.45) is 0. The Kier molecular flexibility index (Phi) is 3.67. The number of imidazole rings is 1. The van der Waals surface area contributed by atoms with E-state index in [9.17, 15) is 0 Å². The molecule has 1 aromatic carbocycles. The number of aromatic nitrogens is 2. The zero-order valence-corrected chi connectivity index (χ0v) is 14.8. The molecular weight excluding hydrogens is 346 g/mol. The fraction of sp³-hybridized carbons (Fsp3) is 0.312. The Hall–Kier alpha value is -1.17. The Morgan fingerprint density at radius 2 is 2.05 bits per heavy atom. The number of fused-ring (bicyclic) bond motifs is 1. The summed E-state index contributed by atoms with van der Waals surface area (Å²) in [4.78, 5) is 4.86. The van der Waals surface area contributed by atoms with E-state index in [2.05, 4.69) is 70.9 Å². The minimum Gasteiger partial charge on any atom is -0.326 e. The van der Waals surface area contributed by atoms with Crippen LogP contribution in [0.2, 0.25) is 0 Å². The molecule has 0 spiro atoms. The van der Waals surface area contributed by atoms with Gasteiger partial charge in [-0.15, -0.1) is 11.3 Å². The lowest BCUT2D eigenvalue weighted by molar-refractivity contribution is 0.413. The van der Waals surface area contributed by atoms with Crippen LogP contribution >= 0.6 is 27.3 Å². The maximum atomic E-state index is 5.75. The fourth-order valence-corrected chi connectivity index (χ4v) is 3.69. The van der Waals surface area contributed by atoms with Crippen molar-refractivity contribution in [3.8, 4) is 11.4 Å². The van der Waals surface area contributed by atoms with E-state index in [1.54, 1.807) is 11.3 Å². The first kappa shape index (κ1) is 14.8. The van der Waals surface area contributed by atoms with E-state index in [0.717, 1.165) is 31.8 Å². The Balaban J connectivity index is 2.32. The molecule has 0 fully saturated rings. The molecule has 0 saturated carbocycles. The molecule has 0 saturated heterocycles. The highest BCUT2D eigenvalue weighted by molar-refractivity contribution is 9.11. The van der Waals surface area contributed by atoms with Gasteiger partial charge < -0.3 is 10.3 Å². The third-order valence-corrected chi connectivity index (χ3v) is 4.96. The fourth-order valence-electron chi connectivity index (χ4n) is 2.55. The summed E-state index contributed by atoms with van der Waals surface area (Å²) < 4.78 is 3.42. The summed E-state index contributed by atoms with van der Waals surface area (Å²) in [5.41, 5.74) is 10.1. The molecule has 0 amide bonds. The first-order chi connectivity index (χ1) is 9.90. The second-order valence-electron chi connectivity index (χ2n) is 6.11. The van der Waals surface area contributed by atoms with Crippen molar-refractivity contribution < 1.29 is 0 Å². The number of rotatable bonds is 2. The zero-order chi connectivity index (χ0) is 15.2. The minimum absolute atomic E-state index is 0.0390. The van der Waals surface area contributed by atoms with Gasteiger partial charge in [0.25, 0.3) is 0 Å². The highest BCUT2D eigenvalue weighted by Gasteiger charge is 2.23. The van der Waals surface area contributed by atoms with Gasteiger partial charge in [0.15, 0.2) is 0 Å². The predicted molar refractivity (Wildman–Crippen MR) is 93.6 cm³/mol. The third-order valence-electron chi connectivity index (χ3n) is 3.45. The molecule has 21 heavy (non-hydrogen) atoms. The Morgan fingerprint density at radius 3 is 2.62 bits per heavy atom. The van der Waals surface area contributed by atoms with Crippen molar-refractivity contribution in [3.05, 3.63) is 39.0 Å². The van der Waals surface area contributed by atoms with Crippen molar-refractivity contribution in [1.29, 1.82) is 0 Å². The Morgan fingerprint density at radius 1 is 1.29 bits per heavy atom. The quantitative estimate of drug-likeness (QED) is 0.714. The van der Waals surface area contributed by atoms with Crippen molar-refractivity contribution in [2.75, 3.05) is 0 Å². The molecule has 3 aromatic rings. The van der Waals surface area contributed by atoms with Gasteiger partial charge in [-0.2, -0.15) is 0 Å². The van der Waals surface area contributed by atoms with Crippen LogP contribution in [0.5, 0.6) is 0 Å². The summed E-state index contributed by atoms with van der Waals surface area (Å²) >= 11 is 5.22. The molecule has 0 bridgehead atoms. The molecule has 110 valence electrons. The van der Waals surface area contributed by atoms with E-state index in [1.165, 1.54) is 0 Å². The van der Waals surface area contributed by atoms with Crippen molar-refractivity contribution in [3.63, 3.8) is 0 Å². The largest absolute Gasteiger partial charge is 0.326 e. The van der Waals surface area contributed by atoms with Crippen LogP contribution in [0.15, 0.2) is 33.4 Å². The summed E-state index contributed by atoms with van der Waals surface area (Å²) in [6, 6.07) is 8.42. The van der Waals surface area contributed by atoms with E-state index in [0.29, 0.717) is 6.54 Å². The molecule has 2 N–H and O–H groups in total. The summed E-state index contributed by atoms with van der Waals surface area (Å²) in [5, 5.41) is 2.14. The molecule has 5 heteroatoms. The van der Waals surface area contributed by atoms with Gasteiger partial charge in [0.1, 0.15) is 5.82 Å². The Labute approximate surface area is 136 Å². The number of nitrogens with zero attached hydrogens (tertiary/aromatic N) is 2. The molecule has 0 atom stereocenters. The first-order valence-electron chi connectivity index (χ1n) is 6.86. The molecular formula is C16H18BrN3S. The van der Waals surface area contributed by atoms with Crippen LogP contribution in [-0.2, 0) is 12.1 Å². The van der Waals surface area contributed by atoms with Crippen LogP contribution in [-0.4, -0.2) is 9.55 Å². The molecule has 0 radical (unpaired) electrons. The average molecular weight is 364 g/mol. The van der Waals surface area contributed by atoms with Crippen LogP contribution in [0.3, 0.4) is 0 Å². The molecule has 0 aliphatic carbocycles. The van der Waals surface area contributed by atoms with Gasteiger partial charge in [-0.3, -0.25) is 0 Å². The summed E-state index contributed by atoms with van der Waals surface area (Å²) in [5.74, 6) is 1.01. The van der Waals surface area contributed by atoms with Crippen LogP contribution in [0.4, 0.5) is 0 Å². The molecule has 3 nitrogen and oxygen atoms in total. The topological polar surface area (TPSA) is 43.8 Å². The number of hydrogen-bond acceptors (Lipinski definition) is 3. The number of benzene rings is 1. The van der Waals surface area contributed by atoms with Crippen LogP contribution in [0, 0.1) is 0 Å². The highest BCUT2D eigenvalue weighted by Crippen LogP contribution is 2.34. The van der Waals surface area contributed by atoms with E-state index in [4.69, 9.17) is 10.7 Å². The lowest BCUT2D eigenvalue weighted by Gasteiger charge is -2.24. The van der Waals surface area contributed by atoms with Gasteiger partial charge in [-0.1, -0.05) is 6.07 Å². The van der Waals surface area contributed by atoms with Crippen LogP contribution in [0.1, 0.15) is 26.3 Å². The number of nitrogens with two attached hydrogens (primary N) is 1. The van der Waals surface area contributed by atoms with Crippen molar-refractivity contribution in [2.24, 2.45) is 5.73 Å². The van der Waals surface area contributed by atoms with Crippen molar-refractivity contribution in [2.45, 2.75) is 32.9 Å². The highest BCUT2D eigenvalue weighted by atomic mass is 79.9. The maximum Gasteiger partial charge on any atom is 0.142 e. The summed E-state index contributed by atoms with van der Waals surface area (Å²) in [7, 11) is 0. The van der Waals surface area contributed by atoms with Crippen LogP contribution < -0.4 is 5.73 Å². The molecule has 0 unspecified atom stereocenters. The van der Waals surface area contributed by atoms with Crippen LogP contribution in [0.25, 0.3) is 22.4 Å². The van der Waals surface area contributed by atoms with Gasteiger partial charge in [0, 0.05) is 23.0 Å². The Bertz CT molecular complexity index is 796. The van der Waals surface area contributed by atoms with Crippen molar-refractivity contribution >= 4 is 38.3 Å². The van der Waals surface area contributed by atoms with Gasteiger partial charge in [-0.25, -0.2) is 4.98 Å².